The molecule has 0 amide bonds. The van der Waals surface area contributed by atoms with E-state index in [1.807, 2.05) is 0 Å². The van der Waals surface area contributed by atoms with Gasteiger partial charge in [0.05, 0.1) is 5.75 Å². The number of hydrogen-bond acceptors (Lipinski definition) is 6. The van der Waals surface area contributed by atoms with Crippen LogP contribution in [0.4, 0.5) is 5.95 Å². The fourth-order valence-electron chi connectivity index (χ4n) is 0.749. The molecule has 1 rings (SSSR count). The quantitative estimate of drug-likeness (QED) is 0.553. The highest BCUT2D eigenvalue weighted by Gasteiger charge is 2.17. The number of nitrogen functional groups attached to an aromatic ring is 1. The molecular formula is C5H10N4O3S. The second kappa shape index (κ2) is 3.71. The Balaban J connectivity index is 2.82. The number of aromatic nitrogens is 3. The molecule has 0 unspecified atom stereocenters. The van der Waals surface area contributed by atoms with Gasteiger partial charge in [0.1, 0.15) is 0 Å². The van der Waals surface area contributed by atoms with Crippen LogP contribution in [0.25, 0.3) is 0 Å². The molecule has 0 aromatic carbocycles. The summed E-state index contributed by atoms with van der Waals surface area (Å²) in [6.45, 7) is -0.178. The highest BCUT2D eigenvalue weighted by atomic mass is 32.2. The molecule has 0 aliphatic heterocycles. The summed E-state index contributed by atoms with van der Waals surface area (Å²) in [7, 11) is -3.47. The molecule has 0 atom stereocenters. The number of H-pyrrole nitrogens is 1. The summed E-state index contributed by atoms with van der Waals surface area (Å²) in [6, 6.07) is 0. The Morgan fingerprint density at radius 2 is 2.23 bits per heavy atom. The van der Waals surface area contributed by atoms with Gasteiger partial charge in [0, 0.05) is 6.61 Å². The molecule has 0 fully saturated rings. The number of nitrogens with zero attached hydrogens (tertiary/aromatic N) is 2. The first kappa shape index (κ1) is 9.93. The van der Waals surface area contributed by atoms with E-state index in [2.05, 4.69) is 15.2 Å². The van der Waals surface area contributed by atoms with Crippen molar-refractivity contribution in [2.45, 2.75) is 11.6 Å². The molecule has 0 radical (unpaired) electrons. The van der Waals surface area contributed by atoms with Crippen molar-refractivity contribution in [3.63, 3.8) is 0 Å². The predicted molar refractivity (Wildman–Crippen MR) is 44.6 cm³/mol. The van der Waals surface area contributed by atoms with Gasteiger partial charge >= 0.3 is 0 Å². The predicted octanol–water partition coefficient (Wildman–Crippen LogP) is -1.46. The lowest BCUT2D eigenvalue weighted by Crippen LogP contribution is -2.10. The summed E-state index contributed by atoms with van der Waals surface area (Å²) in [6.07, 6.45) is 0.170. The summed E-state index contributed by atoms with van der Waals surface area (Å²) in [4.78, 5) is 3.48. The van der Waals surface area contributed by atoms with Crippen molar-refractivity contribution in [2.24, 2.45) is 0 Å². The minimum absolute atomic E-state index is 0.109. The van der Waals surface area contributed by atoms with Crippen LogP contribution in [-0.2, 0) is 9.84 Å². The number of nitrogens with one attached hydrogen (secondary N) is 1. The first-order valence-corrected chi connectivity index (χ1v) is 5.23. The van der Waals surface area contributed by atoms with Crippen LogP contribution in [-0.4, -0.2) is 41.1 Å². The zero-order valence-corrected chi connectivity index (χ0v) is 7.58. The zero-order chi connectivity index (χ0) is 9.90. The molecule has 0 saturated heterocycles. The fourth-order valence-corrected chi connectivity index (χ4v) is 1.87. The smallest absolute Gasteiger partial charge is 0.244 e. The van der Waals surface area contributed by atoms with Crippen LogP contribution < -0.4 is 5.73 Å². The van der Waals surface area contributed by atoms with Gasteiger partial charge in [0.2, 0.25) is 20.9 Å². The molecule has 0 spiro atoms. The third-order valence-electron chi connectivity index (χ3n) is 1.35. The molecule has 0 aliphatic carbocycles. The normalized spacial score (nSPS) is 11.8. The Bertz CT molecular complexity index is 371. The van der Waals surface area contributed by atoms with Crippen molar-refractivity contribution in [1.29, 1.82) is 0 Å². The van der Waals surface area contributed by atoms with Gasteiger partial charge in [0.15, 0.2) is 0 Å². The second-order valence-corrected chi connectivity index (χ2v) is 4.42. The number of aromatic amines is 1. The third-order valence-corrected chi connectivity index (χ3v) is 2.95. The number of aliphatic hydroxyl groups is 1. The Hall–Kier alpha value is -1.15. The molecule has 0 bridgehead atoms. The maximum absolute atomic E-state index is 11.3. The van der Waals surface area contributed by atoms with Crippen LogP contribution in [0.3, 0.4) is 0 Å². The summed E-state index contributed by atoms with van der Waals surface area (Å²) in [5.41, 5.74) is 5.14. The Labute approximate surface area is 74.9 Å². The van der Waals surface area contributed by atoms with Crippen molar-refractivity contribution < 1.29 is 13.5 Å². The molecule has 4 N–H and O–H groups in total. The van der Waals surface area contributed by atoms with E-state index in [4.69, 9.17) is 10.8 Å². The van der Waals surface area contributed by atoms with Crippen molar-refractivity contribution in [2.75, 3.05) is 18.1 Å². The SMILES string of the molecule is Nc1n[nH]c(S(=O)(=O)CCCO)n1. The summed E-state index contributed by atoms with van der Waals surface area (Å²) < 4.78 is 22.6. The first-order chi connectivity index (χ1) is 6.06. The van der Waals surface area contributed by atoms with E-state index >= 15 is 0 Å². The number of sulfone groups is 1. The highest BCUT2D eigenvalue weighted by molar-refractivity contribution is 7.91. The molecule has 13 heavy (non-hydrogen) atoms. The Morgan fingerprint density at radius 1 is 1.54 bits per heavy atom. The summed E-state index contributed by atoms with van der Waals surface area (Å²) in [5.74, 6) is -0.277. The van der Waals surface area contributed by atoms with E-state index in [-0.39, 0.29) is 29.9 Å². The number of aliphatic hydroxyl groups excluding tert-OH is 1. The lowest BCUT2D eigenvalue weighted by atomic mass is 10.5. The molecule has 74 valence electrons. The summed E-state index contributed by atoms with van der Waals surface area (Å²) >= 11 is 0. The number of rotatable bonds is 4. The minimum Gasteiger partial charge on any atom is -0.396 e. The van der Waals surface area contributed by atoms with Gasteiger partial charge < -0.3 is 10.8 Å². The second-order valence-electron chi connectivity index (χ2n) is 2.39. The number of nitrogens with two attached hydrogens (primary N) is 1. The fraction of sp³-hybridized carbons (Fsp3) is 0.600. The molecule has 7 nitrogen and oxygen atoms in total. The molecule has 1 aromatic heterocycles. The largest absolute Gasteiger partial charge is 0.396 e. The lowest BCUT2D eigenvalue weighted by molar-refractivity contribution is 0.295. The van der Waals surface area contributed by atoms with Gasteiger partial charge in [-0.2, -0.15) is 4.98 Å². The van der Waals surface area contributed by atoms with Crippen LogP contribution in [0.2, 0.25) is 0 Å². The molecule has 1 heterocycles. The maximum atomic E-state index is 11.3. The first-order valence-electron chi connectivity index (χ1n) is 3.58. The molecule has 1 aromatic rings. The summed E-state index contributed by atoms with van der Waals surface area (Å²) in [5, 5.41) is 13.8. The topological polar surface area (TPSA) is 122 Å². The monoisotopic (exact) mass is 206 g/mol. The lowest BCUT2D eigenvalue weighted by Gasteiger charge is -1.96. The highest BCUT2D eigenvalue weighted by Crippen LogP contribution is 2.06. The van der Waals surface area contributed by atoms with Crippen molar-refractivity contribution in [1.82, 2.24) is 15.2 Å². The molecule has 8 heteroatoms. The van der Waals surface area contributed by atoms with E-state index in [0.29, 0.717) is 0 Å². The minimum atomic E-state index is -3.47. The van der Waals surface area contributed by atoms with E-state index in [1.165, 1.54) is 0 Å². The average Bonchev–Trinajstić information content (AvgIpc) is 2.49. The number of anilines is 1. The molecular weight excluding hydrogens is 196 g/mol. The third kappa shape index (κ3) is 2.39. The van der Waals surface area contributed by atoms with Gasteiger partial charge in [-0.25, -0.2) is 13.5 Å². The van der Waals surface area contributed by atoms with Crippen LogP contribution in [0.1, 0.15) is 6.42 Å². The molecule has 0 aliphatic rings. The number of hydrogen-bond donors (Lipinski definition) is 3. The van der Waals surface area contributed by atoms with Crippen molar-refractivity contribution in [3.05, 3.63) is 0 Å². The van der Waals surface area contributed by atoms with E-state index < -0.39 is 9.84 Å². The zero-order valence-electron chi connectivity index (χ0n) is 6.77. The van der Waals surface area contributed by atoms with E-state index in [1.54, 1.807) is 0 Å². The van der Waals surface area contributed by atoms with Crippen molar-refractivity contribution in [3.8, 4) is 0 Å². The van der Waals surface area contributed by atoms with Crippen LogP contribution in [0, 0.1) is 0 Å². The van der Waals surface area contributed by atoms with Crippen LogP contribution in [0.5, 0.6) is 0 Å². The van der Waals surface area contributed by atoms with Crippen LogP contribution >= 0.6 is 0 Å². The van der Waals surface area contributed by atoms with E-state index in [0.717, 1.165) is 0 Å². The molecule has 0 saturated carbocycles. The van der Waals surface area contributed by atoms with Crippen LogP contribution in [0.15, 0.2) is 5.16 Å². The maximum Gasteiger partial charge on any atom is 0.244 e. The average molecular weight is 206 g/mol. The van der Waals surface area contributed by atoms with Gasteiger partial charge in [-0.15, -0.1) is 5.10 Å². The van der Waals surface area contributed by atoms with Gasteiger partial charge in [0.25, 0.3) is 0 Å². The van der Waals surface area contributed by atoms with Gasteiger partial charge in [-0.05, 0) is 6.42 Å². The standard InChI is InChI=1S/C5H10N4O3S/c6-4-7-5(9-8-4)13(11,12)3-1-2-10/h10H,1-3H2,(H3,6,7,8,9). The Morgan fingerprint density at radius 3 is 2.69 bits per heavy atom. The van der Waals surface area contributed by atoms with Gasteiger partial charge in [-0.1, -0.05) is 0 Å². The van der Waals surface area contributed by atoms with Gasteiger partial charge in [-0.3, -0.25) is 0 Å². The van der Waals surface area contributed by atoms with E-state index in [9.17, 15) is 8.42 Å². The Kier molecular flexibility index (Phi) is 2.83. The van der Waals surface area contributed by atoms with Crippen molar-refractivity contribution >= 4 is 15.8 Å².